The van der Waals surface area contributed by atoms with E-state index in [1.165, 1.54) is 6.42 Å². The maximum absolute atomic E-state index is 12.2. The van der Waals surface area contributed by atoms with Gasteiger partial charge in [0, 0.05) is 11.7 Å². The second-order valence-electron chi connectivity index (χ2n) is 6.56. The first-order chi connectivity index (χ1) is 9.27. The maximum atomic E-state index is 12.2. The van der Waals surface area contributed by atoms with Crippen molar-refractivity contribution in [2.75, 3.05) is 0 Å². The molecule has 2 aliphatic carbocycles. The van der Waals surface area contributed by atoms with Crippen molar-refractivity contribution in [1.82, 2.24) is 0 Å². The maximum Gasteiger partial charge on any atom is 0.572 e. The first-order valence-electron chi connectivity index (χ1n) is 7.13. The fourth-order valence-corrected chi connectivity index (χ4v) is 5.65. The van der Waals surface area contributed by atoms with E-state index in [2.05, 4.69) is 11.7 Å². The number of hydrogen-bond acceptors (Lipinski definition) is 3. The zero-order valence-corrected chi connectivity index (χ0v) is 12.3. The average molecular weight is 307 g/mol. The van der Waals surface area contributed by atoms with Crippen molar-refractivity contribution in [2.45, 2.75) is 56.0 Å². The standard InChI is InChI=1S/C14H20F3NOS/c1-13-6-10(13)12(18)20-11(7-13)8-2-4-9(5-3-8)19-14(15,16)17/h4,8,10-12H,2-3,5-7,18H2,1H3. The Morgan fingerprint density at radius 2 is 2.15 bits per heavy atom. The lowest BCUT2D eigenvalue weighted by Gasteiger charge is -2.36. The molecule has 1 saturated carbocycles. The van der Waals surface area contributed by atoms with Gasteiger partial charge in [-0.3, -0.25) is 0 Å². The quantitative estimate of drug-likeness (QED) is 0.837. The first kappa shape index (κ1) is 14.6. The minimum atomic E-state index is -4.56. The van der Waals surface area contributed by atoms with Gasteiger partial charge in [-0.05, 0) is 49.0 Å². The highest BCUT2D eigenvalue weighted by Gasteiger charge is 2.58. The molecule has 0 aromatic rings. The van der Waals surface area contributed by atoms with Crippen LogP contribution < -0.4 is 5.73 Å². The normalized spacial score (nSPS) is 44.5. The summed E-state index contributed by atoms with van der Waals surface area (Å²) < 4.78 is 40.5. The van der Waals surface area contributed by atoms with Crippen LogP contribution in [0.25, 0.3) is 0 Å². The predicted octanol–water partition coefficient (Wildman–Crippen LogP) is 4.02. The largest absolute Gasteiger partial charge is 0.572 e. The van der Waals surface area contributed by atoms with E-state index < -0.39 is 6.36 Å². The van der Waals surface area contributed by atoms with Gasteiger partial charge in [-0.1, -0.05) is 6.92 Å². The molecule has 5 atom stereocenters. The molecule has 0 bridgehead atoms. The zero-order valence-electron chi connectivity index (χ0n) is 11.5. The number of halogens is 3. The molecule has 0 aromatic heterocycles. The molecular weight excluding hydrogens is 287 g/mol. The summed E-state index contributed by atoms with van der Waals surface area (Å²) in [4.78, 5) is 0. The highest BCUT2D eigenvalue weighted by Crippen LogP contribution is 2.64. The SMILES string of the molecule is CC12CC(C3CC=C(OC(F)(F)F)CC3)SC(N)C1C2. The lowest BCUT2D eigenvalue weighted by Crippen LogP contribution is -2.35. The third kappa shape index (κ3) is 2.96. The molecular formula is C14H20F3NOS. The Bertz CT molecular complexity index is 425. The molecule has 3 rings (SSSR count). The van der Waals surface area contributed by atoms with Crippen molar-refractivity contribution in [3.63, 3.8) is 0 Å². The van der Waals surface area contributed by atoms with E-state index >= 15 is 0 Å². The van der Waals surface area contributed by atoms with Crippen molar-refractivity contribution in [3.05, 3.63) is 11.8 Å². The Labute approximate surface area is 121 Å². The number of allylic oxidation sites excluding steroid dienone is 2. The number of alkyl halides is 3. The summed E-state index contributed by atoms with van der Waals surface area (Å²) in [5, 5.41) is 0.688. The third-order valence-corrected chi connectivity index (χ3v) is 6.54. The Hall–Kier alpha value is -0.360. The van der Waals surface area contributed by atoms with Crippen LogP contribution in [0.2, 0.25) is 0 Å². The fourth-order valence-electron chi connectivity index (χ4n) is 3.68. The van der Waals surface area contributed by atoms with Gasteiger partial charge >= 0.3 is 6.36 Å². The van der Waals surface area contributed by atoms with Crippen molar-refractivity contribution < 1.29 is 17.9 Å². The lowest BCUT2D eigenvalue weighted by molar-refractivity contribution is -0.307. The second kappa shape index (κ2) is 4.83. The summed E-state index contributed by atoms with van der Waals surface area (Å²) in [5.41, 5.74) is 6.58. The number of nitrogens with two attached hydrogens (primary N) is 1. The zero-order chi connectivity index (χ0) is 14.5. The van der Waals surface area contributed by atoms with Gasteiger partial charge in [0.1, 0.15) is 5.76 Å². The van der Waals surface area contributed by atoms with Gasteiger partial charge < -0.3 is 10.5 Å². The Balaban J connectivity index is 1.58. The van der Waals surface area contributed by atoms with Gasteiger partial charge in [0.15, 0.2) is 0 Å². The summed E-state index contributed by atoms with van der Waals surface area (Å²) in [6, 6.07) is 0. The second-order valence-corrected chi connectivity index (χ2v) is 7.98. The third-order valence-electron chi connectivity index (χ3n) is 5.00. The summed E-state index contributed by atoms with van der Waals surface area (Å²) in [7, 11) is 0. The molecule has 1 heterocycles. The summed E-state index contributed by atoms with van der Waals surface area (Å²) in [6.07, 6.45) is 1.26. The van der Waals surface area contributed by atoms with Crippen LogP contribution in [0.1, 0.15) is 39.0 Å². The van der Waals surface area contributed by atoms with E-state index in [0.29, 0.717) is 35.3 Å². The molecule has 2 nitrogen and oxygen atoms in total. The molecule has 2 N–H and O–H groups in total. The molecule has 6 heteroatoms. The van der Waals surface area contributed by atoms with Crippen LogP contribution >= 0.6 is 11.8 Å². The average Bonchev–Trinajstić information content (AvgIpc) is 3.01. The topological polar surface area (TPSA) is 35.2 Å². The molecule has 1 saturated heterocycles. The summed E-state index contributed by atoms with van der Waals surface area (Å²) >= 11 is 1.84. The smallest absolute Gasteiger partial charge is 0.411 e. The molecule has 0 radical (unpaired) electrons. The lowest BCUT2D eigenvalue weighted by atomic mass is 9.84. The van der Waals surface area contributed by atoms with Gasteiger partial charge in [-0.15, -0.1) is 24.9 Å². The van der Waals surface area contributed by atoms with E-state index in [-0.39, 0.29) is 11.1 Å². The monoisotopic (exact) mass is 307 g/mol. The molecule has 0 spiro atoms. The van der Waals surface area contributed by atoms with E-state index in [1.54, 1.807) is 6.08 Å². The number of ether oxygens (including phenoxy) is 1. The molecule has 1 aliphatic heterocycles. The van der Waals surface area contributed by atoms with Crippen LogP contribution in [0.15, 0.2) is 11.8 Å². The number of fused-ring (bicyclic) bond motifs is 1. The summed E-state index contributed by atoms with van der Waals surface area (Å²) in [6.45, 7) is 2.29. The van der Waals surface area contributed by atoms with Crippen LogP contribution in [-0.2, 0) is 4.74 Å². The number of thioether (sulfide) groups is 1. The van der Waals surface area contributed by atoms with Crippen molar-refractivity contribution in [3.8, 4) is 0 Å². The van der Waals surface area contributed by atoms with Gasteiger partial charge in [0.2, 0.25) is 0 Å². The van der Waals surface area contributed by atoms with Gasteiger partial charge in [0.25, 0.3) is 0 Å². The van der Waals surface area contributed by atoms with Gasteiger partial charge in [-0.25, -0.2) is 0 Å². The van der Waals surface area contributed by atoms with Crippen molar-refractivity contribution in [1.29, 1.82) is 0 Å². The highest BCUT2D eigenvalue weighted by atomic mass is 32.2. The minimum Gasteiger partial charge on any atom is -0.411 e. The van der Waals surface area contributed by atoms with E-state index in [4.69, 9.17) is 5.73 Å². The molecule has 2 fully saturated rings. The fraction of sp³-hybridized carbons (Fsp3) is 0.857. The molecule has 5 unspecified atom stereocenters. The van der Waals surface area contributed by atoms with Gasteiger partial charge in [-0.2, -0.15) is 0 Å². The van der Waals surface area contributed by atoms with Gasteiger partial charge in [0.05, 0.1) is 5.37 Å². The van der Waals surface area contributed by atoms with Crippen molar-refractivity contribution >= 4 is 11.8 Å². The minimum absolute atomic E-state index is 0.0781. The molecule has 3 aliphatic rings. The van der Waals surface area contributed by atoms with E-state index in [1.807, 2.05) is 11.8 Å². The van der Waals surface area contributed by atoms with E-state index in [9.17, 15) is 13.2 Å². The van der Waals surface area contributed by atoms with Crippen LogP contribution in [0.4, 0.5) is 13.2 Å². The van der Waals surface area contributed by atoms with Crippen LogP contribution in [0, 0.1) is 17.3 Å². The molecule has 114 valence electrons. The Kier molecular flexibility index (Phi) is 3.52. The predicted molar refractivity (Wildman–Crippen MR) is 72.7 cm³/mol. The summed E-state index contributed by atoms with van der Waals surface area (Å²) in [5.74, 6) is 1.16. The Morgan fingerprint density at radius 1 is 1.40 bits per heavy atom. The van der Waals surface area contributed by atoms with Crippen LogP contribution in [0.5, 0.6) is 0 Å². The molecule has 0 amide bonds. The number of rotatable bonds is 2. The first-order valence-corrected chi connectivity index (χ1v) is 8.07. The number of hydrogen-bond donors (Lipinski definition) is 1. The Morgan fingerprint density at radius 3 is 2.70 bits per heavy atom. The molecule has 20 heavy (non-hydrogen) atoms. The van der Waals surface area contributed by atoms with Crippen LogP contribution in [-0.4, -0.2) is 17.0 Å². The highest BCUT2D eigenvalue weighted by molar-refractivity contribution is 8.00. The van der Waals surface area contributed by atoms with E-state index in [0.717, 1.165) is 12.8 Å². The van der Waals surface area contributed by atoms with Crippen LogP contribution in [0.3, 0.4) is 0 Å². The van der Waals surface area contributed by atoms with Crippen molar-refractivity contribution in [2.24, 2.45) is 23.0 Å². The molecule has 0 aromatic carbocycles.